The van der Waals surface area contributed by atoms with Crippen LogP contribution in [0, 0.1) is 52.3 Å². The average molecular weight is 473 g/mol. The van der Waals surface area contributed by atoms with Crippen LogP contribution in [0.15, 0.2) is 0 Å². The first-order valence-corrected chi connectivity index (χ1v) is 14.3. The Kier molecular flexibility index (Phi) is 6.83. The highest BCUT2D eigenvalue weighted by Gasteiger charge is 2.64. The molecule has 6 nitrogen and oxygen atoms in total. The van der Waals surface area contributed by atoms with Gasteiger partial charge in [0.2, 0.25) is 0 Å². The van der Waals surface area contributed by atoms with Gasteiger partial charge in [-0.15, -0.1) is 0 Å². The molecule has 7 heteroatoms. The molecular formula is C25H44O6S. The average Bonchev–Trinajstić information content (AvgIpc) is 3.06. The molecule has 0 aliphatic heterocycles. The van der Waals surface area contributed by atoms with Crippen LogP contribution in [0.4, 0.5) is 0 Å². The van der Waals surface area contributed by atoms with Gasteiger partial charge in [-0.3, -0.25) is 4.55 Å². The molecule has 0 saturated heterocycles. The molecule has 4 aliphatic carbocycles. The highest BCUT2D eigenvalue weighted by Crippen LogP contribution is 2.69. The Bertz CT molecular complexity index is 785. The maximum Gasteiger partial charge on any atom is 0.397 e. The van der Waals surface area contributed by atoms with Crippen molar-refractivity contribution in [3.8, 4) is 0 Å². The van der Waals surface area contributed by atoms with Gasteiger partial charge in [0.1, 0.15) is 0 Å². The van der Waals surface area contributed by atoms with Gasteiger partial charge in [0.05, 0.1) is 18.8 Å². The third-order valence-electron chi connectivity index (χ3n) is 11.0. The van der Waals surface area contributed by atoms with E-state index in [1.807, 2.05) is 0 Å². The van der Waals surface area contributed by atoms with Gasteiger partial charge in [-0.1, -0.05) is 34.1 Å². The summed E-state index contributed by atoms with van der Waals surface area (Å²) in [4.78, 5) is 0. The molecule has 0 aromatic carbocycles. The molecule has 0 heterocycles. The maximum atomic E-state index is 11.7. The van der Waals surface area contributed by atoms with Crippen LogP contribution in [-0.2, 0) is 14.6 Å². The van der Waals surface area contributed by atoms with Crippen molar-refractivity contribution in [2.45, 2.75) is 97.7 Å². The molecule has 0 aromatic heterocycles. The van der Waals surface area contributed by atoms with Gasteiger partial charge in [0.15, 0.2) is 0 Å². The molecule has 0 amide bonds. The second-order valence-electron chi connectivity index (χ2n) is 12.1. The monoisotopic (exact) mass is 472 g/mol. The maximum absolute atomic E-state index is 11.7. The van der Waals surface area contributed by atoms with E-state index in [9.17, 15) is 18.6 Å². The Morgan fingerprint density at radius 3 is 2.31 bits per heavy atom. The summed E-state index contributed by atoms with van der Waals surface area (Å²) in [5.74, 6) is 2.78. The topological polar surface area (TPSA) is 104 Å². The Morgan fingerprint density at radius 1 is 1.00 bits per heavy atom. The molecule has 4 aliphatic rings. The van der Waals surface area contributed by atoms with Crippen LogP contribution < -0.4 is 0 Å². The van der Waals surface area contributed by atoms with Crippen molar-refractivity contribution in [2.24, 2.45) is 52.3 Å². The molecule has 3 N–H and O–H groups in total. The molecule has 0 aromatic rings. The van der Waals surface area contributed by atoms with E-state index >= 15 is 0 Å². The van der Waals surface area contributed by atoms with E-state index in [-0.39, 0.29) is 35.6 Å². The molecule has 0 radical (unpaired) electrons. The Morgan fingerprint density at radius 2 is 1.66 bits per heavy atom. The van der Waals surface area contributed by atoms with E-state index in [4.69, 9.17) is 4.55 Å². The highest BCUT2D eigenvalue weighted by molar-refractivity contribution is 7.80. The van der Waals surface area contributed by atoms with Crippen LogP contribution in [-0.4, -0.2) is 42.0 Å². The molecule has 0 spiro atoms. The fourth-order valence-corrected chi connectivity index (χ4v) is 9.78. The third-order valence-corrected chi connectivity index (χ3v) is 11.4. The largest absolute Gasteiger partial charge is 0.397 e. The van der Waals surface area contributed by atoms with Crippen molar-refractivity contribution in [2.75, 3.05) is 6.61 Å². The van der Waals surface area contributed by atoms with Crippen molar-refractivity contribution < 1.29 is 27.4 Å². The van der Waals surface area contributed by atoms with Gasteiger partial charge in [-0.2, -0.15) is 8.42 Å². The normalized spacial score (nSPS) is 49.7. The van der Waals surface area contributed by atoms with Gasteiger partial charge in [-0.25, -0.2) is 4.18 Å². The van der Waals surface area contributed by atoms with Crippen molar-refractivity contribution in [1.29, 1.82) is 0 Å². The Balaban J connectivity index is 1.56. The van der Waals surface area contributed by atoms with Crippen molar-refractivity contribution >= 4 is 10.4 Å². The molecule has 4 fully saturated rings. The van der Waals surface area contributed by atoms with Crippen LogP contribution in [0.2, 0.25) is 0 Å². The zero-order chi connectivity index (χ0) is 23.5. The first kappa shape index (κ1) is 24.9. The number of aliphatic hydroxyl groups excluding tert-OH is 2. The third kappa shape index (κ3) is 4.08. The van der Waals surface area contributed by atoms with Crippen LogP contribution >= 0.6 is 0 Å². The molecule has 11 atom stereocenters. The van der Waals surface area contributed by atoms with Gasteiger partial charge < -0.3 is 10.2 Å². The second kappa shape index (κ2) is 8.78. The minimum absolute atomic E-state index is 0.0198. The zero-order valence-electron chi connectivity index (χ0n) is 20.2. The minimum atomic E-state index is -4.39. The van der Waals surface area contributed by atoms with E-state index in [1.54, 1.807) is 0 Å². The summed E-state index contributed by atoms with van der Waals surface area (Å²) in [6.45, 7) is 9.28. The first-order chi connectivity index (χ1) is 14.9. The van der Waals surface area contributed by atoms with Crippen molar-refractivity contribution in [1.82, 2.24) is 0 Å². The lowest BCUT2D eigenvalue weighted by molar-refractivity contribution is -0.203. The molecule has 0 bridgehead atoms. The summed E-state index contributed by atoms with van der Waals surface area (Å²) in [7, 11) is -4.39. The summed E-state index contributed by atoms with van der Waals surface area (Å²) in [6, 6.07) is 0. The lowest BCUT2D eigenvalue weighted by Crippen LogP contribution is -2.62. The highest BCUT2D eigenvalue weighted by atomic mass is 32.3. The summed E-state index contributed by atoms with van der Waals surface area (Å²) in [6.07, 6.45) is 8.38. The summed E-state index contributed by atoms with van der Waals surface area (Å²) < 4.78 is 35.4. The molecular weight excluding hydrogens is 428 g/mol. The summed E-state index contributed by atoms with van der Waals surface area (Å²) in [5, 5.41) is 22.1. The smallest absolute Gasteiger partial charge is 0.393 e. The number of hydrogen-bond donors (Lipinski definition) is 3. The predicted molar refractivity (Wildman–Crippen MR) is 123 cm³/mol. The fraction of sp³-hybridized carbons (Fsp3) is 1.00. The van der Waals surface area contributed by atoms with Gasteiger partial charge in [0, 0.05) is 0 Å². The SMILES string of the molecule is CC[C@H]1C(O)C2C3CC[C@H](C(C)CCOS(=O)(=O)O)[C@@]3(C)CCC2[C@@]2(C)CC[C@@H](O)C[C@@H]12. The molecule has 186 valence electrons. The lowest BCUT2D eigenvalue weighted by Gasteiger charge is -2.64. The number of rotatable bonds is 6. The Labute approximate surface area is 194 Å². The van der Waals surface area contributed by atoms with Crippen LogP contribution in [0.1, 0.15) is 85.5 Å². The summed E-state index contributed by atoms with van der Waals surface area (Å²) in [5.41, 5.74) is 0.355. The Hall–Kier alpha value is -0.210. The molecule has 5 unspecified atom stereocenters. The van der Waals surface area contributed by atoms with E-state index in [1.165, 1.54) is 0 Å². The van der Waals surface area contributed by atoms with E-state index in [0.717, 1.165) is 51.4 Å². The van der Waals surface area contributed by atoms with E-state index < -0.39 is 10.4 Å². The van der Waals surface area contributed by atoms with Gasteiger partial charge >= 0.3 is 10.4 Å². The predicted octanol–water partition coefficient (Wildman–Crippen LogP) is 4.46. The van der Waals surface area contributed by atoms with Crippen LogP contribution in [0.3, 0.4) is 0 Å². The zero-order valence-corrected chi connectivity index (χ0v) is 21.1. The number of hydrogen-bond acceptors (Lipinski definition) is 5. The number of aliphatic hydroxyl groups is 2. The molecule has 4 saturated carbocycles. The number of fused-ring (bicyclic) bond motifs is 5. The lowest BCUT2D eigenvalue weighted by atomic mass is 9.41. The minimum Gasteiger partial charge on any atom is -0.393 e. The van der Waals surface area contributed by atoms with Crippen LogP contribution in [0.5, 0.6) is 0 Å². The van der Waals surface area contributed by atoms with Gasteiger partial charge in [-0.05, 0) is 104 Å². The van der Waals surface area contributed by atoms with Crippen LogP contribution in [0.25, 0.3) is 0 Å². The molecule has 4 rings (SSSR count). The fourth-order valence-electron chi connectivity index (χ4n) is 9.47. The first-order valence-electron chi connectivity index (χ1n) is 12.9. The van der Waals surface area contributed by atoms with E-state index in [2.05, 4.69) is 31.9 Å². The quantitative estimate of drug-likeness (QED) is 0.493. The standard InChI is InChI=1S/C25H44O6S/c1-5-17-21-14-16(26)8-11-25(21,4)20-9-12-24(3)18(6-7-19(24)22(20)23(17)27)15(2)10-13-31-32(28,29)30/h15-23,26-27H,5-14H2,1-4H3,(H,28,29,30)/t15?,16-,17-,18-,19?,20?,21+,22?,23?,24-,25-/m1/s1. The summed E-state index contributed by atoms with van der Waals surface area (Å²) >= 11 is 0. The molecule has 32 heavy (non-hydrogen) atoms. The van der Waals surface area contributed by atoms with Gasteiger partial charge in [0.25, 0.3) is 0 Å². The second-order valence-corrected chi connectivity index (χ2v) is 13.2. The van der Waals surface area contributed by atoms with Crippen molar-refractivity contribution in [3.63, 3.8) is 0 Å². The van der Waals surface area contributed by atoms with E-state index in [0.29, 0.717) is 41.9 Å². The van der Waals surface area contributed by atoms with Crippen molar-refractivity contribution in [3.05, 3.63) is 0 Å².